The maximum absolute atomic E-state index is 10.8. The van der Waals surface area contributed by atoms with Crippen molar-refractivity contribution in [3.05, 3.63) is 0 Å². The molecule has 6 nitrogen and oxygen atoms in total. The number of esters is 1. The van der Waals surface area contributed by atoms with E-state index in [1.807, 2.05) is 41.5 Å². The number of carbonyl (C=O) groups excluding carboxylic acids is 1. The second-order valence-corrected chi connectivity index (χ2v) is 7.60. The summed E-state index contributed by atoms with van der Waals surface area (Å²) in [6, 6.07) is -1.21. The topological polar surface area (TPSA) is 116 Å². The van der Waals surface area contributed by atoms with E-state index in [0.717, 1.165) is 0 Å². The number of aliphatic carboxylic acids is 1. The summed E-state index contributed by atoms with van der Waals surface area (Å²) in [5, 5.41) is 8.42. The highest BCUT2D eigenvalue weighted by atomic mass is 35.5. The summed E-state index contributed by atoms with van der Waals surface area (Å²) in [5.74, 6) is -1.25. The van der Waals surface area contributed by atoms with Crippen LogP contribution in [0.25, 0.3) is 0 Å². The normalized spacial score (nSPS) is 13.3. The fourth-order valence-electron chi connectivity index (χ4n) is 1.64. The summed E-state index contributed by atoms with van der Waals surface area (Å²) in [4.78, 5) is 21.1. The van der Waals surface area contributed by atoms with E-state index in [1.54, 1.807) is 0 Å². The van der Waals surface area contributed by atoms with Crippen LogP contribution in [-0.4, -0.2) is 36.2 Å². The van der Waals surface area contributed by atoms with Crippen molar-refractivity contribution >= 4 is 24.3 Å². The number of methoxy groups -OCH3 is 1. The molecule has 0 aliphatic heterocycles. The first-order chi connectivity index (χ1) is 9.19. The Morgan fingerprint density at radius 1 is 0.957 bits per heavy atom. The minimum Gasteiger partial charge on any atom is -0.480 e. The highest BCUT2D eigenvalue weighted by Crippen LogP contribution is 2.20. The van der Waals surface area contributed by atoms with Crippen LogP contribution in [0.5, 0.6) is 0 Å². The first-order valence-electron chi connectivity index (χ1n) is 7.01. The summed E-state index contributed by atoms with van der Waals surface area (Å²) in [6.07, 6.45) is 1.17. The third-order valence-corrected chi connectivity index (χ3v) is 2.49. The van der Waals surface area contributed by atoms with Crippen molar-refractivity contribution < 1.29 is 19.4 Å². The van der Waals surface area contributed by atoms with E-state index >= 15 is 0 Å². The number of rotatable bonds is 4. The minimum absolute atomic E-state index is 0. The van der Waals surface area contributed by atoms with E-state index in [2.05, 4.69) is 4.74 Å². The van der Waals surface area contributed by atoms with Crippen LogP contribution in [-0.2, 0) is 14.3 Å². The molecular formula is C16H37ClN2O4. The van der Waals surface area contributed by atoms with E-state index in [9.17, 15) is 9.59 Å². The van der Waals surface area contributed by atoms with Gasteiger partial charge in [-0.15, -0.1) is 12.4 Å². The Bertz CT molecular complexity index is 336. The smallest absolute Gasteiger partial charge is 0.322 e. The Labute approximate surface area is 147 Å². The van der Waals surface area contributed by atoms with Crippen molar-refractivity contribution in [1.29, 1.82) is 0 Å². The van der Waals surface area contributed by atoms with Gasteiger partial charge in [-0.2, -0.15) is 0 Å². The second kappa shape index (κ2) is 12.6. The van der Waals surface area contributed by atoms with E-state index in [0.29, 0.717) is 12.8 Å². The van der Waals surface area contributed by atoms with Gasteiger partial charge >= 0.3 is 11.9 Å². The lowest BCUT2D eigenvalue weighted by Crippen LogP contribution is -2.35. The van der Waals surface area contributed by atoms with Crippen LogP contribution in [0.3, 0.4) is 0 Å². The fraction of sp³-hybridized carbons (Fsp3) is 0.875. The molecule has 0 aliphatic carbocycles. The largest absolute Gasteiger partial charge is 0.480 e. The zero-order valence-corrected chi connectivity index (χ0v) is 15.6. The highest BCUT2D eigenvalue weighted by molar-refractivity contribution is 5.85. The van der Waals surface area contributed by atoms with E-state index < -0.39 is 18.1 Å². The number of carboxylic acid groups (broad SMARTS) is 1. The van der Waals surface area contributed by atoms with Crippen molar-refractivity contribution in [2.24, 2.45) is 22.3 Å². The lowest BCUT2D eigenvalue weighted by molar-refractivity contribution is -0.143. The third-order valence-electron chi connectivity index (χ3n) is 2.49. The van der Waals surface area contributed by atoms with Gasteiger partial charge in [0.1, 0.15) is 12.1 Å². The molecule has 2 atom stereocenters. The number of hydrogen-bond acceptors (Lipinski definition) is 5. The molecule has 0 fully saturated rings. The highest BCUT2D eigenvalue weighted by Gasteiger charge is 2.21. The van der Waals surface area contributed by atoms with Crippen LogP contribution in [0.15, 0.2) is 0 Å². The molecule has 5 N–H and O–H groups in total. The number of carbonyl (C=O) groups is 2. The van der Waals surface area contributed by atoms with Gasteiger partial charge in [-0.3, -0.25) is 9.59 Å². The molecule has 0 unspecified atom stereocenters. The third kappa shape index (κ3) is 21.1. The maximum atomic E-state index is 10.8. The molecule has 23 heavy (non-hydrogen) atoms. The average Bonchev–Trinajstić information content (AvgIpc) is 2.24. The average molecular weight is 357 g/mol. The summed E-state index contributed by atoms with van der Waals surface area (Å²) >= 11 is 0. The van der Waals surface area contributed by atoms with E-state index in [-0.39, 0.29) is 36.6 Å². The molecule has 0 aromatic heterocycles. The number of ether oxygens (including phenoxy) is 1. The molecule has 0 aromatic rings. The van der Waals surface area contributed by atoms with Gasteiger partial charge in [-0.05, 0) is 23.7 Å². The Kier molecular flexibility index (Phi) is 16.4. The summed E-state index contributed by atoms with van der Waals surface area (Å²) in [5.41, 5.74) is 10.9. The van der Waals surface area contributed by atoms with Gasteiger partial charge in [-0.1, -0.05) is 49.0 Å². The molecule has 0 amide bonds. The summed E-state index contributed by atoms with van der Waals surface area (Å²) in [7, 11) is 1.35. The molecule has 0 heterocycles. The monoisotopic (exact) mass is 356 g/mol. The minimum atomic E-state index is -0.921. The lowest BCUT2D eigenvalue weighted by Gasteiger charge is -2.21. The molecule has 142 valence electrons. The molecule has 7 heteroatoms. The van der Waals surface area contributed by atoms with Crippen LogP contribution in [0.1, 0.15) is 61.8 Å². The van der Waals surface area contributed by atoms with Gasteiger partial charge in [0.25, 0.3) is 0 Å². The molecular weight excluding hydrogens is 320 g/mol. The van der Waals surface area contributed by atoms with Gasteiger partial charge in [0.15, 0.2) is 0 Å². The fourth-order valence-corrected chi connectivity index (χ4v) is 1.64. The van der Waals surface area contributed by atoms with Crippen molar-refractivity contribution in [2.75, 3.05) is 7.11 Å². The van der Waals surface area contributed by atoms with Crippen LogP contribution in [0.2, 0.25) is 0 Å². The molecule has 0 bridgehead atoms. The molecule has 0 saturated heterocycles. The standard InChI is InChI=1S/C8H17NO2.C7H15NO2.CH4.ClH/c1-8(2,3)5-6(9)7(10)11-4;1-7(2,3)4-5(8)6(9)10;;/h6H,5,9H2,1-4H3;5H,4,8H2,1-3H3,(H,9,10);1H4;1H/t6-;5-;;/m00../s1. The molecule has 0 spiro atoms. The van der Waals surface area contributed by atoms with Crippen molar-refractivity contribution in [1.82, 2.24) is 0 Å². The van der Waals surface area contributed by atoms with Crippen LogP contribution in [0, 0.1) is 10.8 Å². The summed E-state index contributed by atoms with van der Waals surface area (Å²) in [6.45, 7) is 12.0. The van der Waals surface area contributed by atoms with E-state index in [1.165, 1.54) is 7.11 Å². The Morgan fingerprint density at radius 2 is 1.26 bits per heavy atom. The first-order valence-corrected chi connectivity index (χ1v) is 7.01. The lowest BCUT2D eigenvalue weighted by atomic mass is 9.88. The Morgan fingerprint density at radius 3 is 1.43 bits per heavy atom. The molecule has 0 radical (unpaired) electrons. The Balaban J connectivity index is -0.000000145. The summed E-state index contributed by atoms with van der Waals surface area (Å²) < 4.78 is 4.49. The Hall–Kier alpha value is -0.850. The van der Waals surface area contributed by atoms with Crippen molar-refractivity contribution in [3.8, 4) is 0 Å². The van der Waals surface area contributed by atoms with Crippen molar-refractivity contribution in [2.45, 2.75) is 73.9 Å². The first kappa shape index (κ1) is 30.1. The van der Waals surface area contributed by atoms with Gasteiger partial charge in [0, 0.05) is 0 Å². The second-order valence-electron chi connectivity index (χ2n) is 7.60. The van der Waals surface area contributed by atoms with Gasteiger partial charge in [-0.25, -0.2) is 0 Å². The zero-order valence-electron chi connectivity index (χ0n) is 14.8. The van der Waals surface area contributed by atoms with Crippen LogP contribution < -0.4 is 11.5 Å². The quantitative estimate of drug-likeness (QED) is 0.667. The van der Waals surface area contributed by atoms with Gasteiger partial charge in [0.05, 0.1) is 7.11 Å². The number of halogens is 1. The zero-order chi connectivity index (χ0) is 17.4. The van der Waals surface area contributed by atoms with Crippen LogP contribution >= 0.6 is 12.4 Å². The number of carboxylic acids is 1. The number of nitrogens with two attached hydrogens (primary N) is 2. The predicted molar refractivity (Wildman–Crippen MR) is 97.7 cm³/mol. The number of hydrogen-bond donors (Lipinski definition) is 3. The molecule has 0 rings (SSSR count). The predicted octanol–water partition coefficient (Wildman–Crippen LogP) is 2.82. The van der Waals surface area contributed by atoms with Crippen LogP contribution in [0.4, 0.5) is 0 Å². The van der Waals surface area contributed by atoms with Gasteiger partial charge < -0.3 is 21.3 Å². The van der Waals surface area contributed by atoms with E-state index in [4.69, 9.17) is 16.6 Å². The molecule has 0 aliphatic rings. The molecule has 0 saturated carbocycles. The van der Waals surface area contributed by atoms with Gasteiger partial charge in [0.2, 0.25) is 0 Å². The van der Waals surface area contributed by atoms with Crippen molar-refractivity contribution in [3.63, 3.8) is 0 Å². The SMILES string of the molecule is C.CC(C)(C)C[C@H](N)C(=O)O.COC(=O)[C@@H](N)CC(C)(C)C.Cl. The molecule has 0 aromatic carbocycles. The maximum Gasteiger partial charge on any atom is 0.322 e.